The fraction of sp³-hybridized carbons (Fsp3) is 0.538. The largest absolute Gasteiger partial charge is 0.425 e. The van der Waals surface area contributed by atoms with E-state index in [-0.39, 0.29) is 12.3 Å². The molecule has 0 aromatic carbocycles. The molecule has 1 aromatic rings. The number of pyridine rings is 1. The molecule has 1 atom stereocenters. The quantitative estimate of drug-likeness (QED) is 0.777. The van der Waals surface area contributed by atoms with Gasteiger partial charge in [-0.05, 0) is 31.9 Å². The van der Waals surface area contributed by atoms with Gasteiger partial charge in [0.15, 0.2) is 0 Å². The fourth-order valence-electron chi connectivity index (χ4n) is 2.18. The standard InChI is InChI=1S/C13H18N2O4S/c1-2-20(17,18)15-8-4-5-11(10-15)13(16)19-12-6-3-7-14-9-12/h3,6-7,9,11H,2,4-5,8,10H2,1H3/t11-/m0/s1. The van der Waals surface area contributed by atoms with Crippen LogP contribution in [0.15, 0.2) is 24.5 Å². The minimum absolute atomic E-state index is 0.0529. The van der Waals surface area contributed by atoms with E-state index in [4.69, 9.17) is 4.74 Å². The van der Waals surface area contributed by atoms with Crippen LogP contribution in [-0.4, -0.2) is 42.5 Å². The van der Waals surface area contributed by atoms with Gasteiger partial charge in [-0.1, -0.05) is 0 Å². The number of ether oxygens (including phenoxy) is 1. The first-order valence-electron chi connectivity index (χ1n) is 6.62. The molecule has 2 heterocycles. The number of aromatic nitrogens is 1. The zero-order valence-electron chi connectivity index (χ0n) is 11.4. The van der Waals surface area contributed by atoms with Gasteiger partial charge in [0, 0.05) is 19.3 Å². The summed E-state index contributed by atoms with van der Waals surface area (Å²) in [6.45, 7) is 2.29. The highest BCUT2D eigenvalue weighted by molar-refractivity contribution is 7.89. The van der Waals surface area contributed by atoms with Gasteiger partial charge in [0.2, 0.25) is 10.0 Å². The second kappa shape index (κ2) is 6.32. The molecule has 0 aliphatic carbocycles. The Balaban J connectivity index is 2.00. The van der Waals surface area contributed by atoms with E-state index in [2.05, 4.69) is 4.98 Å². The lowest BCUT2D eigenvalue weighted by Crippen LogP contribution is -2.43. The number of nitrogens with zero attached hydrogens (tertiary/aromatic N) is 2. The van der Waals surface area contributed by atoms with Gasteiger partial charge in [-0.3, -0.25) is 9.78 Å². The molecule has 20 heavy (non-hydrogen) atoms. The summed E-state index contributed by atoms with van der Waals surface area (Å²) in [5, 5.41) is 0. The molecule has 0 spiro atoms. The summed E-state index contributed by atoms with van der Waals surface area (Å²) in [6.07, 6.45) is 4.37. The number of hydrogen-bond acceptors (Lipinski definition) is 5. The normalized spacial score (nSPS) is 20.6. The molecule has 1 aromatic heterocycles. The first kappa shape index (κ1) is 14.9. The monoisotopic (exact) mass is 298 g/mol. The van der Waals surface area contributed by atoms with Crippen LogP contribution in [0.5, 0.6) is 5.75 Å². The van der Waals surface area contributed by atoms with Gasteiger partial charge in [0.25, 0.3) is 0 Å². The third-order valence-electron chi connectivity index (χ3n) is 3.33. The van der Waals surface area contributed by atoms with Gasteiger partial charge in [0.1, 0.15) is 5.75 Å². The summed E-state index contributed by atoms with van der Waals surface area (Å²) < 4.78 is 30.3. The lowest BCUT2D eigenvalue weighted by Gasteiger charge is -2.30. The van der Waals surface area contributed by atoms with Crippen molar-refractivity contribution in [3.63, 3.8) is 0 Å². The summed E-state index contributed by atoms with van der Waals surface area (Å²) in [4.78, 5) is 15.9. The first-order chi connectivity index (χ1) is 9.53. The summed E-state index contributed by atoms with van der Waals surface area (Å²) in [6, 6.07) is 3.33. The van der Waals surface area contributed by atoms with E-state index in [1.807, 2.05) is 0 Å². The molecule has 0 bridgehead atoms. The Labute approximate surface area is 118 Å². The fourth-order valence-corrected chi connectivity index (χ4v) is 3.36. The minimum atomic E-state index is -3.25. The van der Waals surface area contributed by atoms with E-state index in [1.54, 1.807) is 25.3 Å². The van der Waals surface area contributed by atoms with Crippen molar-refractivity contribution in [3.05, 3.63) is 24.5 Å². The zero-order valence-corrected chi connectivity index (χ0v) is 12.2. The lowest BCUT2D eigenvalue weighted by molar-refractivity contribution is -0.140. The van der Waals surface area contributed by atoms with Crippen LogP contribution in [0.1, 0.15) is 19.8 Å². The van der Waals surface area contributed by atoms with Crippen LogP contribution in [0, 0.1) is 5.92 Å². The average molecular weight is 298 g/mol. The Bertz CT molecular complexity index is 559. The maximum Gasteiger partial charge on any atom is 0.315 e. The summed E-state index contributed by atoms with van der Waals surface area (Å²) in [5.41, 5.74) is 0. The highest BCUT2D eigenvalue weighted by atomic mass is 32.2. The van der Waals surface area contributed by atoms with Crippen molar-refractivity contribution in [1.82, 2.24) is 9.29 Å². The first-order valence-corrected chi connectivity index (χ1v) is 8.23. The molecule has 0 unspecified atom stereocenters. The predicted molar refractivity (Wildman–Crippen MR) is 73.6 cm³/mol. The number of carbonyl (C=O) groups excluding carboxylic acids is 1. The molecule has 1 saturated heterocycles. The van der Waals surface area contributed by atoms with Gasteiger partial charge >= 0.3 is 5.97 Å². The topological polar surface area (TPSA) is 76.6 Å². The Morgan fingerprint density at radius 2 is 2.35 bits per heavy atom. The Kier molecular flexibility index (Phi) is 4.72. The summed E-state index contributed by atoms with van der Waals surface area (Å²) >= 11 is 0. The summed E-state index contributed by atoms with van der Waals surface area (Å²) in [7, 11) is -3.25. The van der Waals surface area contributed by atoms with Crippen LogP contribution in [-0.2, 0) is 14.8 Å². The number of rotatable bonds is 4. The summed E-state index contributed by atoms with van der Waals surface area (Å²) in [5.74, 6) is -0.371. The van der Waals surface area contributed by atoms with E-state index in [9.17, 15) is 13.2 Å². The van der Waals surface area contributed by atoms with Gasteiger partial charge in [-0.25, -0.2) is 12.7 Å². The number of esters is 1. The van der Waals surface area contributed by atoms with Gasteiger partial charge in [0.05, 0.1) is 17.9 Å². The van der Waals surface area contributed by atoms with Crippen molar-refractivity contribution >= 4 is 16.0 Å². The van der Waals surface area contributed by atoms with Crippen molar-refractivity contribution in [3.8, 4) is 5.75 Å². The maximum atomic E-state index is 12.1. The molecule has 0 saturated carbocycles. The smallest absolute Gasteiger partial charge is 0.315 e. The minimum Gasteiger partial charge on any atom is -0.425 e. The van der Waals surface area contributed by atoms with Crippen molar-refractivity contribution < 1.29 is 17.9 Å². The molecule has 0 radical (unpaired) electrons. The van der Waals surface area contributed by atoms with Crippen molar-refractivity contribution in [1.29, 1.82) is 0 Å². The SMILES string of the molecule is CCS(=O)(=O)N1CCC[C@H](C(=O)Oc2cccnc2)C1. The van der Waals surface area contributed by atoms with Crippen LogP contribution < -0.4 is 4.74 Å². The van der Waals surface area contributed by atoms with E-state index in [0.717, 1.165) is 0 Å². The highest BCUT2D eigenvalue weighted by Gasteiger charge is 2.32. The molecular weight excluding hydrogens is 280 g/mol. The van der Waals surface area contributed by atoms with Gasteiger partial charge in [-0.15, -0.1) is 0 Å². The maximum absolute atomic E-state index is 12.1. The van der Waals surface area contributed by atoms with Crippen LogP contribution in [0.25, 0.3) is 0 Å². The van der Waals surface area contributed by atoms with Crippen molar-refractivity contribution in [2.24, 2.45) is 5.92 Å². The second-order valence-corrected chi connectivity index (χ2v) is 6.97. The van der Waals surface area contributed by atoms with Crippen LogP contribution in [0.3, 0.4) is 0 Å². The average Bonchev–Trinajstić information content (AvgIpc) is 2.48. The molecule has 6 nitrogen and oxygen atoms in total. The van der Waals surface area contributed by atoms with E-state index < -0.39 is 21.9 Å². The van der Waals surface area contributed by atoms with Gasteiger partial charge < -0.3 is 4.74 Å². The molecule has 2 rings (SSSR count). The molecule has 7 heteroatoms. The number of hydrogen-bond donors (Lipinski definition) is 0. The number of sulfonamides is 1. The highest BCUT2D eigenvalue weighted by Crippen LogP contribution is 2.21. The molecule has 1 aliphatic rings. The second-order valence-electron chi connectivity index (χ2n) is 4.71. The Morgan fingerprint density at radius 1 is 1.55 bits per heavy atom. The van der Waals surface area contributed by atoms with E-state index >= 15 is 0 Å². The zero-order chi connectivity index (χ0) is 14.6. The van der Waals surface area contributed by atoms with Crippen LogP contribution >= 0.6 is 0 Å². The Morgan fingerprint density at radius 3 is 3.00 bits per heavy atom. The lowest BCUT2D eigenvalue weighted by atomic mass is 10.00. The predicted octanol–water partition coefficient (Wildman–Crippen LogP) is 1.05. The third kappa shape index (κ3) is 3.55. The molecule has 1 fully saturated rings. The molecule has 0 amide bonds. The van der Waals surface area contributed by atoms with E-state index in [1.165, 1.54) is 10.5 Å². The van der Waals surface area contributed by atoms with Crippen LogP contribution in [0.2, 0.25) is 0 Å². The van der Waals surface area contributed by atoms with Gasteiger partial charge in [-0.2, -0.15) is 0 Å². The van der Waals surface area contributed by atoms with Crippen LogP contribution in [0.4, 0.5) is 0 Å². The number of carbonyl (C=O) groups is 1. The van der Waals surface area contributed by atoms with Crippen molar-refractivity contribution in [2.45, 2.75) is 19.8 Å². The number of piperidine rings is 1. The van der Waals surface area contributed by atoms with Crippen molar-refractivity contribution in [2.75, 3.05) is 18.8 Å². The molecule has 1 aliphatic heterocycles. The third-order valence-corrected chi connectivity index (χ3v) is 5.18. The molecule has 110 valence electrons. The van der Waals surface area contributed by atoms with E-state index in [0.29, 0.717) is 25.1 Å². The molecular formula is C13H18N2O4S. The Hall–Kier alpha value is -1.47. The molecule has 0 N–H and O–H groups in total.